The van der Waals surface area contributed by atoms with Crippen LogP contribution in [0.5, 0.6) is 0 Å². The van der Waals surface area contributed by atoms with Crippen molar-refractivity contribution in [3.8, 4) is 0 Å². The number of halogens is 3. The Balaban J connectivity index is 2.02. The van der Waals surface area contributed by atoms with Gasteiger partial charge in [0.2, 0.25) is 0 Å². The van der Waals surface area contributed by atoms with Crippen molar-refractivity contribution in [3.05, 3.63) is 35.1 Å². The molecule has 3 nitrogen and oxygen atoms in total. The Kier molecular flexibility index (Phi) is 4.65. The second-order valence-corrected chi connectivity index (χ2v) is 5.20. The maximum atomic E-state index is 13.6. The smallest absolute Gasteiger partial charge is 0.303 e. The zero-order valence-corrected chi connectivity index (χ0v) is 10.9. The molecule has 1 aromatic rings. The molecule has 1 unspecified atom stereocenters. The fraction of sp³-hybridized carbons (Fsp3) is 0.500. The zero-order valence-electron chi connectivity index (χ0n) is 10.9. The fourth-order valence-electron chi connectivity index (χ4n) is 2.63. The van der Waals surface area contributed by atoms with Crippen molar-refractivity contribution < 1.29 is 23.1 Å². The van der Waals surface area contributed by atoms with Gasteiger partial charge in [0.15, 0.2) is 11.6 Å². The van der Waals surface area contributed by atoms with Crippen LogP contribution in [0.15, 0.2) is 12.1 Å². The van der Waals surface area contributed by atoms with Crippen LogP contribution in [-0.4, -0.2) is 29.1 Å². The molecule has 1 N–H and O–H groups in total. The second kappa shape index (κ2) is 6.26. The van der Waals surface area contributed by atoms with Crippen molar-refractivity contribution in [1.82, 2.24) is 4.90 Å². The van der Waals surface area contributed by atoms with Gasteiger partial charge in [-0.25, -0.2) is 13.2 Å². The number of carboxylic acids is 1. The quantitative estimate of drug-likeness (QED) is 0.866. The molecule has 1 fully saturated rings. The summed E-state index contributed by atoms with van der Waals surface area (Å²) >= 11 is 0. The van der Waals surface area contributed by atoms with Crippen LogP contribution in [0.3, 0.4) is 0 Å². The predicted molar refractivity (Wildman–Crippen MR) is 66.6 cm³/mol. The minimum Gasteiger partial charge on any atom is -0.481 e. The largest absolute Gasteiger partial charge is 0.481 e. The van der Waals surface area contributed by atoms with Gasteiger partial charge in [-0.2, -0.15) is 0 Å². The minimum absolute atomic E-state index is 0.0228. The van der Waals surface area contributed by atoms with Crippen molar-refractivity contribution in [2.24, 2.45) is 5.92 Å². The molecule has 0 bridgehead atoms. The number of benzene rings is 1. The van der Waals surface area contributed by atoms with E-state index in [0.29, 0.717) is 19.2 Å². The third-order valence-electron chi connectivity index (χ3n) is 3.55. The molecule has 0 radical (unpaired) electrons. The number of hydrogen-bond donors (Lipinski definition) is 1. The monoisotopic (exact) mass is 287 g/mol. The molecule has 1 atom stereocenters. The topological polar surface area (TPSA) is 40.5 Å². The normalized spacial score (nSPS) is 20.1. The maximum absolute atomic E-state index is 13.6. The highest BCUT2D eigenvalue weighted by molar-refractivity contribution is 5.67. The first kappa shape index (κ1) is 14.8. The van der Waals surface area contributed by atoms with Gasteiger partial charge in [0, 0.05) is 31.1 Å². The maximum Gasteiger partial charge on any atom is 0.303 e. The van der Waals surface area contributed by atoms with Crippen LogP contribution in [0.4, 0.5) is 13.2 Å². The molecule has 2 rings (SSSR count). The van der Waals surface area contributed by atoms with Crippen molar-refractivity contribution in [1.29, 1.82) is 0 Å². The third-order valence-corrected chi connectivity index (χ3v) is 3.55. The van der Waals surface area contributed by atoms with Gasteiger partial charge in [-0.05, 0) is 31.4 Å². The number of carbonyl (C=O) groups is 1. The molecule has 1 aliphatic rings. The van der Waals surface area contributed by atoms with Gasteiger partial charge in [-0.1, -0.05) is 0 Å². The number of aliphatic carboxylic acids is 1. The van der Waals surface area contributed by atoms with Crippen LogP contribution in [0.1, 0.15) is 24.8 Å². The molecular formula is C14H16F3NO2. The van der Waals surface area contributed by atoms with Crippen LogP contribution in [0, 0.1) is 23.4 Å². The van der Waals surface area contributed by atoms with E-state index in [0.717, 1.165) is 18.9 Å². The van der Waals surface area contributed by atoms with Gasteiger partial charge in [0.25, 0.3) is 0 Å². The first-order valence-electron chi connectivity index (χ1n) is 6.53. The third kappa shape index (κ3) is 3.72. The molecule has 0 aromatic heterocycles. The summed E-state index contributed by atoms with van der Waals surface area (Å²) in [4.78, 5) is 12.6. The molecule has 0 amide bonds. The van der Waals surface area contributed by atoms with Gasteiger partial charge in [0.05, 0.1) is 0 Å². The van der Waals surface area contributed by atoms with E-state index in [4.69, 9.17) is 5.11 Å². The molecule has 110 valence electrons. The molecule has 1 aromatic carbocycles. The van der Waals surface area contributed by atoms with Crippen LogP contribution < -0.4 is 0 Å². The molecule has 0 spiro atoms. The SMILES string of the molecule is O=C(O)CC1CCCN(Cc2cc(F)c(F)cc2F)C1. The number of carboxylic acid groups (broad SMARTS) is 1. The lowest BCUT2D eigenvalue weighted by Crippen LogP contribution is -2.36. The average molecular weight is 287 g/mol. The summed E-state index contributed by atoms with van der Waals surface area (Å²) in [5, 5.41) is 8.78. The summed E-state index contributed by atoms with van der Waals surface area (Å²) < 4.78 is 39.5. The van der Waals surface area contributed by atoms with Crippen molar-refractivity contribution in [2.45, 2.75) is 25.8 Å². The lowest BCUT2D eigenvalue weighted by molar-refractivity contribution is -0.138. The van der Waals surface area contributed by atoms with Gasteiger partial charge >= 0.3 is 5.97 Å². The van der Waals surface area contributed by atoms with Gasteiger partial charge < -0.3 is 5.11 Å². The van der Waals surface area contributed by atoms with E-state index in [2.05, 4.69) is 0 Å². The molecular weight excluding hydrogens is 271 g/mol. The Morgan fingerprint density at radius 1 is 1.25 bits per heavy atom. The molecule has 1 saturated heterocycles. The summed E-state index contributed by atoms with van der Waals surface area (Å²) in [5.74, 6) is -3.87. The first-order chi connectivity index (χ1) is 9.45. The number of nitrogens with zero attached hydrogens (tertiary/aromatic N) is 1. The van der Waals surface area contributed by atoms with Crippen molar-refractivity contribution >= 4 is 5.97 Å². The van der Waals surface area contributed by atoms with E-state index >= 15 is 0 Å². The summed E-state index contributed by atoms with van der Waals surface area (Å²) in [6.07, 6.45) is 1.73. The van der Waals surface area contributed by atoms with Crippen LogP contribution in [-0.2, 0) is 11.3 Å². The molecule has 20 heavy (non-hydrogen) atoms. The van der Waals surface area contributed by atoms with Gasteiger partial charge in [-0.15, -0.1) is 0 Å². The van der Waals surface area contributed by atoms with Gasteiger partial charge in [-0.3, -0.25) is 9.69 Å². The second-order valence-electron chi connectivity index (χ2n) is 5.20. The minimum atomic E-state index is -1.20. The number of piperidine rings is 1. The standard InChI is InChI=1S/C14H16F3NO2/c15-11-6-13(17)12(16)5-10(11)8-18-3-1-2-9(7-18)4-14(19)20/h5-6,9H,1-4,7-8H2,(H,19,20). The first-order valence-corrected chi connectivity index (χ1v) is 6.53. The van der Waals surface area contributed by atoms with E-state index in [1.165, 1.54) is 0 Å². The van der Waals surface area contributed by atoms with E-state index in [-0.39, 0.29) is 24.4 Å². The van der Waals surface area contributed by atoms with E-state index < -0.39 is 23.4 Å². The lowest BCUT2D eigenvalue weighted by Gasteiger charge is -2.32. The highest BCUT2D eigenvalue weighted by atomic mass is 19.2. The van der Waals surface area contributed by atoms with Crippen molar-refractivity contribution in [3.63, 3.8) is 0 Å². The van der Waals surface area contributed by atoms with Crippen LogP contribution in [0.25, 0.3) is 0 Å². The summed E-state index contributed by atoms with van der Waals surface area (Å²) in [5.41, 5.74) is 0.0971. The number of hydrogen-bond acceptors (Lipinski definition) is 2. The highest BCUT2D eigenvalue weighted by Gasteiger charge is 2.23. The Morgan fingerprint density at radius 3 is 2.65 bits per heavy atom. The summed E-state index contributed by atoms with van der Waals surface area (Å²) in [6.45, 7) is 1.40. The van der Waals surface area contributed by atoms with E-state index in [9.17, 15) is 18.0 Å². The summed E-state index contributed by atoms with van der Waals surface area (Å²) in [6, 6.07) is 1.41. The molecule has 0 aliphatic carbocycles. The molecule has 1 aliphatic heterocycles. The van der Waals surface area contributed by atoms with Crippen molar-refractivity contribution in [2.75, 3.05) is 13.1 Å². The average Bonchev–Trinajstić information content (AvgIpc) is 2.35. The molecule has 0 saturated carbocycles. The Labute approximate surface area is 115 Å². The van der Waals surface area contributed by atoms with E-state index in [1.807, 2.05) is 4.90 Å². The Bertz CT molecular complexity index is 507. The number of likely N-dealkylation sites (tertiary alicyclic amines) is 1. The predicted octanol–water partition coefficient (Wildman–Crippen LogP) is 2.79. The van der Waals surface area contributed by atoms with Gasteiger partial charge in [0.1, 0.15) is 5.82 Å². The Morgan fingerprint density at radius 2 is 1.95 bits per heavy atom. The van der Waals surface area contributed by atoms with E-state index in [1.54, 1.807) is 0 Å². The van der Waals surface area contributed by atoms with Crippen LogP contribution >= 0.6 is 0 Å². The Hall–Kier alpha value is -1.56. The summed E-state index contributed by atoms with van der Waals surface area (Å²) in [7, 11) is 0. The number of rotatable bonds is 4. The molecule has 1 heterocycles. The zero-order chi connectivity index (χ0) is 14.7. The van der Waals surface area contributed by atoms with Crippen LogP contribution in [0.2, 0.25) is 0 Å². The highest BCUT2D eigenvalue weighted by Crippen LogP contribution is 2.23. The molecule has 6 heteroatoms. The fourth-order valence-corrected chi connectivity index (χ4v) is 2.63. The lowest BCUT2D eigenvalue weighted by atomic mass is 9.94.